The smallest absolute Gasteiger partial charge is 0.315 e. The fourth-order valence-electron chi connectivity index (χ4n) is 2.83. The van der Waals surface area contributed by atoms with Gasteiger partial charge in [-0.1, -0.05) is 6.42 Å². The first-order valence-corrected chi connectivity index (χ1v) is 8.82. The minimum absolute atomic E-state index is 0.0439. The van der Waals surface area contributed by atoms with E-state index in [1.807, 2.05) is 11.8 Å². The zero-order valence-corrected chi connectivity index (χ0v) is 13.1. The molecule has 2 fully saturated rings. The number of carbonyl (C=O) groups excluding carboxylic acids is 2. The standard InChI is InChI=1S/C14H25N3O3S/c18-8-4-3-7-15-12(19)6-2-1-5-11-13-10(9-21-11)16-14(20)17-13/h10-11,13,18H,1-9H2,(H,15,19)(H2,16,17,20)/t10-,11-,13-/m0/s1. The summed E-state index contributed by atoms with van der Waals surface area (Å²) in [5.74, 6) is 1.08. The molecule has 4 N–H and O–H groups in total. The van der Waals surface area contributed by atoms with E-state index in [0.29, 0.717) is 18.2 Å². The highest BCUT2D eigenvalue weighted by Crippen LogP contribution is 2.33. The van der Waals surface area contributed by atoms with E-state index >= 15 is 0 Å². The molecule has 0 spiro atoms. The van der Waals surface area contributed by atoms with Gasteiger partial charge in [-0.05, 0) is 25.7 Å². The molecule has 6 nitrogen and oxygen atoms in total. The quantitative estimate of drug-likeness (QED) is 0.370. The minimum atomic E-state index is -0.0439. The number of nitrogens with one attached hydrogen (secondary N) is 3. The Balaban J connectivity index is 1.52. The first-order chi connectivity index (χ1) is 10.2. The Bertz CT molecular complexity index is 367. The first kappa shape index (κ1) is 16.4. The number of hydrogen-bond acceptors (Lipinski definition) is 4. The molecule has 2 saturated heterocycles. The van der Waals surface area contributed by atoms with Crippen LogP contribution in [0, 0.1) is 0 Å². The molecular weight excluding hydrogens is 290 g/mol. The molecular formula is C14H25N3O3S. The maximum Gasteiger partial charge on any atom is 0.315 e. The Labute approximate surface area is 129 Å². The molecule has 0 aromatic heterocycles. The van der Waals surface area contributed by atoms with Gasteiger partial charge in [0.15, 0.2) is 0 Å². The largest absolute Gasteiger partial charge is 0.396 e. The lowest BCUT2D eigenvalue weighted by Crippen LogP contribution is -2.36. The molecule has 0 aromatic carbocycles. The van der Waals surface area contributed by atoms with Gasteiger partial charge in [-0.15, -0.1) is 0 Å². The van der Waals surface area contributed by atoms with Crippen molar-refractivity contribution in [3.05, 3.63) is 0 Å². The molecule has 0 bridgehead atoms. The van der Waals surface area contributed by atoms with Crippen molar-refractivity contribution in [3.8, 4) is 0 Å². The lowest BCUT2D eigenvalue weighted by molar-refractivity contribution is -0.121. The summed E-state index contributed by atoms with van der Waals surface area (Å²) < 4.78 is 0. The normalized spacial score (nSPS) is 27.1. The summed E-state index contributed by atoms with van der Waals surface area (Å²) in [5.41, 5.74) is 0. The molecule has 0 saturated carbocycles. The van der Waals surface area contributed by atoms with Crippen LogP contribution in [-0.4, -0.2) is 53.3 Å². The predicted molar refractivity (Wildman–Crippen MR) is 83.3 cm³/mol. The number of aliphatic hydroxyl groups is 1. The third kappa shape index (κ3) is 5.07. The fraction of sp³-hybridized carbons (Fsp3) is 0.857. The van der Waals surface area contributed by atoms with Crippen LogP contribution >= 0.6 is 11.8 Å². The number of carbonyl (C=O) groups is 2. The van der Waals surface area contributed by atoms with E-state index in [1.165, 1.54) is 0 Å². The van der Waals surface area contributed by atoms with Crippen molar-refractivity contribution in [3.63, 3.8) is 0 Å². The summed E-state index contributed by atoms with van der Waals surface area (Å²) in [7, 11) is 0. The summed E-state index contributed by atoms with van der Waals surface area (Å²) >= 11 is 1.91. The molecule has 21 heavy (non-hydrogen) atoms. The van der Waals surface area contributed by atoms with Gasteiger partial charge in [0.2, 0.25) is 5.91 Å². The second-order valence-corrected chi connectivity index (χ2v) is 6.92. The van der Waals surface area contributed by atoms with Crippen molar-refractivity contribution in [2.45, 2.75) is 55.9 Å². The lowest BCUT2D eigenvalue weighted by Gasteiger charge is -2.16. The summed E-state index contributed by atoms with van der Waals surface area (Å²) in [6.45, 7) is 0.835. The molecule has 0 aliphatic carbocycles. The molecule has 120 valence electrons. The highest BCUT2D eigenvalue weighted by molar-refractivity contribution is 8.00. The topological polar surface area (TPSA) is 90.5 Å². The second kappa shape index (κ2) is 8.48. The van der Waals surface area contributed by atoms with Gasteiger partial charge in [-0.3, -0.25) is 4.79 Å². The van der Waals surface area contributed by atoms with E-state index in [4.69, 9.17) is 5.11 Å². The van der Waals surface area contributed by atoms with Crippen LogP contribution in [0.2, 0.25) is 0 Å². The number of amides is 3. The van der Waals surface area contributed by atoms with Gasteiger partial charge in [0, 0.05) is 30.6 Å². The van der Waals surface area contributed by atoms with Gasteiger partial charge in [-0.25, -0.2) is 4.79 Å². The Kier molecular flexibility index (Phi) is 6.63. The average Bonchev–Trinajstić information content (AvgIpc) is 2.99. The second-order valence-electron chi connectivity index (χ2n) is 5.65. The van der Waals surface area contributed by atoms with Crippen LogP contribution in [0.4, 0.5) is 4.79 Å². The van der Waals surface area contributed by atoms with E-state index in [-0.39, 0.29) is 30.6 Å². The Morgan fingerprint density at radius 1 is 1.29 bits per heavy atom. The SMILES string of the molecule is O=C(CCCC[C@@H]1SC[C@@H]2NC(=O)N[C@@H]21)NCCCCO. The zero-order chi connectivity index (χ0) is 15.1. The van der Waals surface area contributed by atoms with Crippen molar-refractivity contribution >= 4 is 23.7 Å². The summed E-state index contributed by atoms with van der Waals surface area (Å²) in [5, 5.41) is 17.9. The number of urea groups is 1. The average molecular weight is 315 g/mol. The molecule has 2 aliphatic heterocycles. The van der Waals surface area contributed by atoms with Crippen molar-refractivity contribution in [2.75, 3.05) is 18.9 Å². The van der Waals surface area contributed by atoms with Gasteiger partial charge < -0.3 is 21.1 Å². The summed E-state index contributed by atoms with van der Waals surface area (Å²) in [6.07, 6.45) is 5.08. The minimum Gasteiger partial charge on any atom is -0.396 e. The van der Waals surface area contributed by atoms with Crippen molar-refractivity contribution in [1.82, 2.24) is 16.0 Å². The van der Waals surface area contributed by atoms with E-state index in [9.17, 15) is 9.59 Å². The van der Waals surface area contributed by atoms with E-state index in [2.05, 4.69) is 16.0 Å². The van der Waals surface area contributed by atoms with Gasteiger partial charge in [0.05, 0.1) is 12.1 Å². The molecule has 7 heteroatoms. The van der Waals surface area contributed by atoms with Crippen LogP contribution in [0.15, 0.2) is 0 Å². The van der Waals surface area contributed by atoms with Gasteiger partial charge >= 0.3 is 6.03 Å². The summed E-state index contributed by atoms with van der Waals surface area (Å²) in [6, 6.07) is 0.495. The molecule has 0 unspecified atom stereocenters. The van der Waals surface area contributed by atoms with Crippen LogP contribution in [-0.2, 0) is 4.79 Å². The maximum atomic E-state index is 11.6. The third-order valence-corrected chi connectivity index (χ3v) is 5.50. The molecule has 2 aliphatic rings. The maximum absolute atomic E-state index is 11.6. The molecule has 0 radical (unpaired) electrons. The number of aliphatic hydroxyl groups excluding tert-OH is 1. The number of rotatable bonds is 9. The van der Waals surface area contributed by atoms with Crippen LogP contribution < -0.4 is 16.0 Å². The number of unbranched alkanes of at least 4 members (excludes halogenated alkanes) is 2. The molecule has 3 amide bonds. The monoisotopic (exact) mass is 315 g/mol. The van der Waals surface area contributed by atoms with Crippen LogP contribution in [0.25, 0.3) is 0 Å². The lowest BCUT2D eigenvalue weighted by atomic mass is 10.0. The van der Waals surface area contributed by atoms with Crippen molar-refractivity contribution in [1.29, 1.82) is 0 Å². The number of fused-ring (bicyclic) bond motifs is 1. The predicted octanol–water partition coefficient (Wildman–Crippen LogP) is 0.601. The van der Waals surface area contributed by atoms with Crippen molar-refractivity contribution < 1.29 is 14.7 Å². The van der Waals surface area contributed by atoms with Gasteiger partial charge in [0.25, 0.3) is 0 Å². The van der Waals surface area contributed by atoms with Crippen LogP contribution in [0.3, 0.4) is 0 Å². The van der Waals surface area contributed by atoms with Gasteiger partial charge in [-0.2, -0.15) is 11.8 Å². The number of hydrogen-bond donors (Lipinski definition) is 4. The first-order valence-electron chi connectivity index (χ1n) is 7.77. The van der Waals surface area contributed by atoms with E-state index in [1.54, 1.807) is 0 Å². The summed E-state index contributed by atoms with van der Waals surface area (Å²) in [4.78, 5) is 22.9. The molecule has 2 rings (SSSR count). The molecule has 2 heterocycles. The zero-order valence-electron chi connectivity index (χ0n) is 12.3. The third-order valence-electron chi connectivity index (χ3n) is 3.99. The fourth-order valence-corrected chi connectivity index (χ4v) is 4.37. The number of thioether (sulfide) groups is 1. The Morgan fingerprint density at radius 3 is 2.95 bits per heavy atom. The molecule has 0 aromatic rings. The Morgan fingerprint density at radius 2 is 2.14 bits per heavy atom. The molecule has 3 atom stereocenters. The highest BCUT2D eigenvalue weighted by atomic mass is 32.2. The van der Waals surface area contributed by atoms with E-state index in [0.717, 1.165) is 37.9 Å². The van der Waals surface area contributed by atoms with Gasteiger partial charge in [0.1, 0.15) is 0 Å². The highest BCUT2D eigenvalue weighted by Gasteiger charge is 2.42. The van der Waals surface area contributed by atoms with Crippen LogP contribution in [0.1, 0.15) is 38.5 Å². The van der Waals surface area contributed by atoms with E-state index < -0.39 is 0 Å². The van der Waals surface area contributed by atoms with Crippen LogP contribution in [0.5, 0.6) is 0 Å². The van der Waals surface area contributed by atoms with Crippen molar-refractivity contribution in [2.24, 2.45) is 0 Å². The Hall–Kier alpha value is -0.950.